The molecule has 0 bridgehead atoms. The molecule has 0 atom stereocenters. The van der Waals surface area contributed by atoms with Crippen LogP contribution >= 0.6 is 22.9 Å². The van der Waals surface area contributed by atoms with E-state index in [9.17, 15) is 9.18 Å². The first-order valence-electron chi connectivity index (χ1n) is 7.85. The summed E-state index contributed by atoms with van der Waals surface area (Å²) in [5.41, 5.74) is 0.933. The quantitative estimate of drug-likeness (QED) is 0.701. The van der Waals surface area contributed by atoms with Gasteiger partial charge in [0.05, 0.1) is 4.34 Å². The molecule has 0 aliphatic rings. The van der Waals surface area contributed by atoms with Crippen molar-refractivity contribution in [2.75, 3.05) is 27.2 Å². The van der Waals surface area contributed by atoms with Gasteiger partial charge < -0.3 is 9.80 Å². The topological polar surface area (TPSA) is 23.6 Å². The maximum atomic E-state index is 13.1. The molecule has 130 valence electrons. The Morgan fingerprint density at radius 2 is 1.83 bits per heavy atom. The van der Waals surface area contributed by atoms with E-state index in [4.69, 9.17) is 11.6 Å². The standard InChI is InChI=1S/C18H22ClFN2OS/c1-21(2)11-12-22(13-14-3-5-15(20)6-4-14)18(23)10-8-16-7-9-17(19)24-16/h3-7,9H,8,10-13H2,1-2H3. The Morgan fingerprint density at radius 3 is 2.42 bits per heavy atom. The molecule has 0 aliphatic heterocycles. The Morgan fingerprint density at radius 1 is 1.12 bits per heavy atom. The van der Waals surface area contributed by atoms with Gasteiger partial charge in [-0.2, -0.15) is 0 Å². The molecule has 3 nitrogen and oxygen atoms in total. The first-order valence-corrected chi connectivity index (χ1v) is 9.04. The second-order valence-corrected chi connectivity index (χ2v) is 7.75. The third-order valence-electron chi connectivity index (χ3n) is 3.67. The van der Waals surface area contributed by atoms with E-state index >= 15 is 0 Å². The van der Waals surface area contributed by atoms with Crippen molar-refractivity contribution in [2.45, 2.75) is 19.4 Å². The summed E-state index contributed by atoms with van der Waals surface area (Å²) >= 11 is 7.44. The van der Waals surface area contributed by atoms with Gasteiger partial charge in [0.2, 0.25) is 5.91 Å². The van der Waals surface area contributed by atoms with Crippen molar-refractivity contribution in [2.24, 2.45) is 0 Å². The van der Waals surface area contributed by atoms with E-state index in [-0.39, 0.29) is 11.7 Å². The normalized spacial score (nSPS) is 11.0. The highest BCUT2D eigenvalue weighted by molar-refractivity contribution is 7.16. The Balaban J connectivity index is 1.97. The van der Waals surface area contributed by atoms with Crippen LogP contribution in [-0.4, -0.2) is 42.9 Å². The molecule has 2 aromatic rings. The molecule has 0 fully saturated rings. The largest absolute Gasteiger partial charge is 0.337 e. The monoisotopic (exact) mass is 368 g/mol. The van der Waals surface area contributed by atoms with Gasteiger partial charge >= 0.3 is 0 Å². The second-order valence-electron chi connectivity index (χ2n) is 5.95. The van der Waals surface area contributed by atoms with Crippen LogP contribution in [0.3, 0.4) is 0 Å². The average Bonchev–Trinajstić information content (AvgIpc) is 2.96. The summed E-state index contributed by atoms with van der Waals surface area (Å²) < 4.78 is 13.8. The van der Waals surface area contributed by atoms with E-state index in [2.05, 4.69) is 0 Å². The molecule has 0 radical (unpaired) electrons. The van der Waals surface area contributed by atoms with Crippen molar-refractivity contribution < 1.29 is 9.18 Å². The molecule has 1 heterocycles. The van der Waals surface area contributed by atoms with Gasteiger partial charge in [-0.15, -0.1) is 11.3 Å². The van der Waals surface area contributed by atoms with E-state index in [0.717, 1.165) is 21.3 Å². The summed E-state index contributed by atoms with van der Waals surface area (Å²) in [5.74, 6) is -0.162. The lowest BCUT2D eigenvalue weighted by Gasteiger charge is -2.24. The Kier molecular flexibility index (Phi) is 7.21. The molecular formula is C18H22ClFN2OS. The fourth-order valence-corrected chi connectivity index (χ4v) is 3.38. The summed E-state index contributed by atoms with van der Waals surface area (Å²) in [4.78, 5) is 17.6. The smallest absolute Gasteiger partial charge is 0.223 e. The van der Waals surface area contributed by atoms with Crippen LogP contribution in [0.2, 0.25) is 4.34 Å². The molecular weight excluding hydrogens is 347 g/mol. The average molecular weight is 369 g/mol. The van der Waals surface area contributed by atoms with Gasteiger partial charge in [0.25, 0.3) is 0 Å². The van der Waals surface area contributed by atoms with Crippen molar-refractivity contribution in [3.63, 3.8) is 0 Å². The SMILES string of the molecule is CN(C)CCN(Cc1ccc(F)cc1)C(=O)CCc1ccc(Cl)s1. The highest BCUT2D eigenvalue weighted by Crippen LogP contribution is 2.22. The van der Waals surface area contributed by atoms with Crippen LogP contribution in [-0.2, 0) is 17.8 Å². The Hall–Kier alpha value is -1.43. The van der Waals surface area contributed by atoms with E-state index in [1.807, 2.05) is 36.0 Å². The number of rotatable bonds is 8. The van der Waals surface area contributed by atoms with E-state index in [1.54, 1.807) is 12.1 Å². The highest BCUT2D eigenvalue weighted by atomic mass is 35.5. The fraction of sp³-hybridized carbons (Fsp3) is 0.389. The van der Waals surface area contributed by atoms with Gasteiger partial charge in [0.1, 0.15) is 5.82 Å². The molecule has 0 unspecified atom stereocenters. The van der Waals surface area contributed by atoms with Crippen molar-refractivity contribution in [1.29, 1.82) is 0 Å². The van der Waals surface area contributed by atoms with Gasteiger partial charge in [-0.1, -0.05) is 23.7 Å². The van der Waals surface area contributed by atoms with Gasteiger partial charge in [-0.05, 0) is 50.3 Å². The third-order valence-corrected chi connectivity index (χ3v) is 4.96. The first kappa shape index (κ1) is 18.9. The maximum absolute atomic E-state index is 13.1. The van der Waals surface area contributed by atoms with Gasteiger partial charge in [-0.25, -0.2) is 4.39 Å². The number of hydrogen-bond donors (Lipinski definition) is 0. The molecule has 1 amide bonds. The number of carbonyl (C=O) groups is 1. The summed E-state index contributed by atoms with van der Waals surface area (Å²) in [5, 5.41) is 0. The number of carbonyl (C=O) groups excluding carboxylic acids is 1. The minimum atomic E-state index is -0.264. The van der Waals surface area contributed by atoms with Gasteiger partial charge in [0, 0.05) is 30.9 Å². The summed E-state index contributed by atoms with van der Waals surface area (Å²) in [6.45, 7) is 1.93. The van der Waals surface area contributed by atoms with Crippen LogP contribution in [0, 0.1) is 5.82 Å². The lowest BCUT2D eigenvalue weighted by Crippen LogP contribution is -2.36. The van der Waals surface area contributed by atoms with Crippen molar-refractivity contribution in [3.8, 4) is 0 Å². The number of benzene rings is 1. The summed E-state index contributed by atoms with van der Waals surface area (Å²) in [6, 6.07) is 10.1. The predicted molar refractivity (Wildman–Crippen MR) is 98.0 cm³/mol. The number of hydrogen-bond acceptors (Lipinski definition) is 3. The van der Waals surface area contributed by atoms with Crippen molar-refractivity contribution >= 4 is 28.8 Å². The van der Waals surface area contributed by atoms with Crippen LogP contribution in [0.4, 0.5) is 4.39 Å². The molecule has 1 aromatic heterocycles. The van der Waals surface area contributed by atoms with Crippen LogP contribution in [0.25, 0.3) is 0 Å². The van der Waals surface area contributed by atoms with Gasteiger partial charge in [0.15, 0.2) is 0 Å². The zero-order chi connectivity index (χ0) is 17.5. The minimum absolute atomic E-state index is 0.102. The molecule has 24 heavy (non-hydrogen) atoms. The fourth-order valence-electron chi connectivity index (χ4n) is 2.30. The van der Waals surface area contributed by atoms with E-state index in [1.165, 1.54) is 23.5 Å². The molecule has 6 heteroatoms. The Labute approximate surface area is 151 Å². The first-order chi connectivity index (χ1) is 11.4. The van der Waals surface area contributed by atoms with Crippen LogP contribution in [0.15, 0.2) is 36.4 Å². The maximum Gasteiger partial charge on any atom is 0.223 e. The summed E-state index contributed by atoms with van der Waals surface area (Å²) in [7, 11) is 3.96. The zero-order valence-corrected chi connectivity index (χ0v) is 15.5. The molecule has 1 aromatic carbocycles. The Bertz CT molecular complexity index is 657. The molecule has 0 saturated carbocycles. The predicted octanol–water partition coefficient (Wildman–Crippen LogP) is 4.06. The number of likely N-dealkylation sites (N-methyl/N-ethyl adjacent to an activating group) is 1. The van der Waals surface area contributed by atoms with Crippen molar-refractivity contribution in [1.82, 2.24) is 9.80 Å². The number of aryl methyl sites for hydroxylation is 1. The second kappa shape index (κ2) is 9.16. The minimum Gasteiger partial charge on any atom is -0.337 e. The number of amides is 1. The molecule has 0 aliphatic carbocycles. The van der Waals surface area contributed by atoms with E-state index in [0.29, 0.717) is 25.9 Å². The molecule has 0 spiro atoms. The number of halogens is 2. The van der Waals surface area contributed by atoms with E-state index < -0.39 is 0 Å². The van der Waals surface area contributed by atoms with Crippen LogP contribution in [0.1, 0.15) is 16.9 Å². The van der Waals surface area contributed by atoms with Gasteiger partial charge in [-0.3, -0.25) is 4.79 Å². The number of thiophene rings is 1. The van der Waals surface area contributed by atoms with Crippen LogP contribution in [0.5, 0.6) is 0 Å². The summed E-state index contributed by atoms with van der Waals surface area (Å²) in [6.07, 6.45) is 1.14. The lowest BCUT2D eigenvalue weighted by atomic mass is 10.2. The van der Waals surface area contributed by atoms with Crippen molar-refractivity contribution in [3.05, 3.63) is 57.0 Å². The highest BCUT2D eigenvalue weighted by Gasteiger charge is 2.15. The zero-order valence-electron chi connectivity index (χ0n) is 14.0. The molecule has 2 rings (SSSR count). The molecule has 0 saturated heterocycles. The number of nitrogens with zero attached hydrogens (tertiary/aromatic N) is 2. The lowest BCUT2D eigenvalue weighted by molar-refractivity contribution is -0.131. The third kappa shape index (κ3) is 6.23. The van der Waals surface area contributed by atoms with Crippen LogP contribution < -0.4 is 0 Å². The molecule has 0 N–H and O–H groups in total.